The van der Waals surface area contributed by atoms with Crippen molar-refractivity contribution >= 4 is 5.69 Å². The van der Waals surface area contributed by atoms with Gasteiger partial charge in [0.1, 0.15) is 18.5 Å². The highest BCUT2D eigenvalue weighted by Crippen LogP contribution is 2.12. The summed E-state index contributed by atoms with van der Waals surface area (Å²) in [5.74, 6) is 0.742. The second kappa shape index (κ2) is 7.32. The maximum absolute atomic E-state index is 9.90. The Labute approximate surface area is 124 Å². The molecule has 2 rings (SSSR count). The first kappa shape index (κ1) is 14.9. The minimum Gasteiger partial charge on any atom is -0.491 e. The smallest absolute Gasteiger partial charge is 0.119 e. The van der Waals surface area contributed by atoms with Crippen LogP contribution in [0, 0.1) is 18.3 Å². The second-order valence-electron chi connectivity index (χ2n) is 4.85. The predicted octanol–water partition coefficient (Wildman–Crippen LogP) is 2.72. The number of nitrogens with one attached hydrogen (secondary N) is 1. The highest BCUT2D eigenvalue weighted by molar-refractivity contribution is 5.49. The van der Waals surface area contributed by atoms with E-state index >= 15 is 0 Å². The zero-order valence-corrected chi connectivity index (χ0v) is 11.9. The van der Waals surface area contributed by atoms with E-state index in [1.54, 1.807) is 18.2 Å². The normalized spacial score (nSPS) is 11.5. The lowest BCUT2D eigenvalue weighted by Gasteiger charge is -2.14. The molecule has 4 nitrogen and oxygen atoms in total. The molecule has 0 aliphatic rings. The average Bonchev–Trinajstić information content (AvgIpc) is 2.52. The molecule has 2 N–H and O–H groups in total. The molecule has 108 valence electrons. The summed E-state index contributed by atoms with van der Waals surface area (Å²) in [5, 5.41) is 21.8. The van der Waals surface area contributed by atoms with Crippen LogP contribution in [0.1, 0.15) is 11.1 Å². The molecule has 0 heterocycles. The molecule has 0 radical (unpaired) electrons. The third-order valence-corrected chi connectivity index (χ3v) is 3.00. The summed E-state index contributed by atoms with van der Waals surface area (Å²) >= 11 is 0. The van der Waals surface area contributed by atoms with Crippen molar-refractivity contribution in [2.45, 2.75) is 13.0 Å². The molecule has 0 bridgehead atoms. The number of benzene rings is 2. The molecule has 0 saturated carbocycles. The monoisotopic (exact) mass is 282 g/mol. The maximum atomic E-state index is 9.90. The minimum atomic E-state index is -0.628. The lowest BCUT2D eigenvalue weighted by atomic mass is 10.2. The van der Waals surface area contributed by atoms with E-state index in [4.69, 9.17) is 10.00 Å². The van der Waals surface area contributed by atoms with Gasteiger partial charge in [-0.15, -0.1) is 0 Å². The van der Waals surface area contributed by atoms with Crippen molar-refractivity contribution < 1.29 is 9.84 Å². The molecule has 0 amide bonds. The van der Waals surface area contributed by atoms with Crippen LogP contribution in [0.2, 0.25) is 0 Å². The molecule has 0 aliphatic heterocycles. The predicted molar refractivity (Wildman–Crippen MR) is 82.3 cm³/mol. The van der Waals surface area contributed by atoms with E-state index in [-0.39, 0.29) is 6.61 Å². The summed E-state index contributed by atoms with van der Waals surface area (Å²) in [6, 6.07) is 16.9. The Hall–Kier alpha value is -2.51. The van der Waals surface area contributed by atoms with E-state index in [1.165, 1.54) is 5.56 Å². The lowest BCUT2D eigenvalue weighted by molar-refractivity contribution is 0.117. The Morgan fingerprint density at radius 1 is 1.24 bits per heavy atom. The van der Waals surface area contributed by atoms with Crippen molar-refractivity contribution in [1.82, 2.24) is 0 Å². The van der Waals surface area contributed by atoms with Crippen molar-refractivity contribution in [2.75, 3.05) is 18.5 Å². The number of aliphatic hydroxyl groups excluding tert-OH is 1. The standard InChI is InChI=1S/C17H18N2O2/c1-13-5-7-17(8-6-13)21-12-16(20)11-19-15-4-2-3-14(9-15)10-18/h2-9,16,19-20H,11-12H2,1H3. The molecule has 0 saturated heterocycles. The number of nitriles is 1. The van der Waals surface area contributed by atoms with Gasteiger partial charge in [-0.2, -0.15) is 5.26 Å². The Morgan fingerprint density at radius 3 is 2.71 bits per heavy atom. The van der Waals surface area contributed by atoms with Gasteiger partial charge in [0.05, 0.1) is 11.6 Å². The highest BCUT2D eigenvalue weighted by atomic mass is 16.5. The molecule has 1 atom stereocenters. The number of rotatable bonds is 6. The van der Waals surface area contributed by atoms with Crippen molar-refractivity contribution in [3.63, 3.8) is 0 Å². The van der Waals surface area contributed by atoms with Crippen LogP contribution in [-0.2, 0) is 0 Å². The first-order chi connectivity index (χ1) is 10.2. The summed E-state index contributed by atoms with van der Waals surface area (Å²) in [7, 11) is 0. The SMILES string of the molecule is Cc1ccc(OCC(O)CNc2cccc(C#N)c2)cc1. The third kappa shape index (κ3) is 4.83. The molecule has 0 aromatic heterocycles. The maximum Gasteiger partial charge on any atom is 0.119 e. The number of hydrogen-bond donors (Lipinski definition) is 2. The van der Waals surface area contributed by atoms with Gasteiger partial charge >= 0.3 is 0 Å². The van der Waals surface area contributed by atoms with Crippen LogP contribution in [0.15, 0.2) is 48.5 Å². The molecular weight excluding hydrogens is 264 g/mol. The number of aliphatic hydroxyl groups is 1. The summed E-state index contributed by atoms with van der Waals surface area (Å²) in [6.07, 6.45) is -0.628. The quantitative estimate of drug-likeness (QED) is 0.855. The van der Waals surface area contributed by atoms with Crippen molar-refractivity contribution in [1.29, 1.82) is 5.26 Å². The number of nitrogens with zero attached hydrogens (tertiary/aromatic N) is 1. The summed E-state index contributed by atoms with van der Waals surface area (Å²) in [5.41, 5.74) is 2.57. The Balaban J connectivity index is 1.78. The fourth-order valence-corrected chi connectivity index (χ4v) is 1.82. The first-order valence-corrected chi connectivity index (χ1v) is 6.79. The summed E-state index contributed by atoms with van der Waals surface area (Å²) < 4.78 is 5.51. The van der Waals surface area contributed by atoms with E-state index in [1.807, 2.05) is 37.3 Å². The summed E-state index contributed by atoms with van der Waals surface area (Å²) in [4.78, 5) is 0. The summed E-state index contributed by atoms with van der Waals surface area (Å²) in [6.45, 7) is 2.59. The molecule has 2 aromatic carbocycles. The first-order valence-electron chi connectivity index (χ1n) is 6.79. The van der Waals surface area contributed by atoms with E-state index < -0.39 is 6.10 Å². The topological polar surface area (TPSA) is 65.3 Å². The molecule has 0 fully saturated rings. The van der Waals surface area contributed by atoms with Crippen LogP contribution >= 0.6 is 0 Å². The van der Waals surface area contributed by atoms with Crippen LogP contribution in [0.3, 0.4) is 0 Å². The van der Waals surface area contributed by atoms with Crippen LogP contribution in [-0.4, -0.2) is 24.4 Å². The fraction of sp³-hybridized carbons (Fsp3) is 0.235. The number of aryl methyl sites for hydroxylation is 1. The fourth-order valence-electron chi connectivity index (χ4n) is 1.82. The minimum absolute atomic E-state index is 0.216. The molecule has 0 spiro atoms. The van der Waals surface area contributed by atoms with Gasteiger partial charge in [0.25, 0.3) is 0 Å². The van der Waals surface area contributed by atoms with Gasteiger partial charge in [0.2, 0.25) is 0 Å². The van der Waals surface area contributed by atoms with Gasteiger partial charge in [0.15, 0.2) is 0 Å². The van der Waals surface area contributed by atoms with Gasteiger partial charge in [0, 0.05) is 12.2 Å². The van der Waals surface area contributed by atoms with Gasteiger partial charge in [-0.3, -0.25) is 0 Å². The average molecular weight is 282 g/mol. The van der Waals surface area contributed by atoms with Gasteiger partial charge < -0.3 is 15.2 Å². The van der Waals surface area contributed by atoms with Crippen LogP contribution < -0.4 is 10.1 Å². The Morgan fingerprint density at radius 2 is 2.00 bits per heavy atom. The van der Waals surface area contributed by atoms with Crippen molar-refractivity contribution in [3.05, 3.63) is 59.7 Å². The van der Waals surface area contributed by atoms with E-state index in [9.17, 15) is 5.11 Å². The Bertz CT molecular complexity index is 617. The number of hydrogen-bond acceptors (Lipinski definition) is 4. The second-order valence-corrected chi connectivity index (χ2v) is 4.85. The molecular formula is C17H18N2O2. The van der Waals surface area contributed by atoms with Gasteiger partial charge in [-0.05, 0) is 37.3 Å². The molecule has 21 heavy (non-hydrogen) atoms. The number of ether oxygens (including phenoxy) is 1. The van der Waals surface area contributed by atoms with E-state index in [2.05, 4.69) is 11.4 Å². The Kier molecular flexibility index (Phi) is 5.19. The lowest BCUT2D eigenvalue weighted by Crippen LogP contribution is -2.26. The zero-order valence-electron chi connectivity index (χ0n) is 11.9. The van der Waals surface area contributed by atoms with Gasteiger partial charge in [-0.1, -0.05) is 23.8 Å². The largest absolute Gasteiger partial charge is 0.491 e. The molecule has 1 unspecified atom stereocenters. The number of anilines is 1. The van der Waals surface area contributed by atoms with E-state index in [0.717, 1.165) is 11.4 Å². The van der Waals surface area contributed by atoms with Gasteiger partial charge in [-0.25, -0.2) is 0 Å². The van der Waals surface area contributed by atoms with Crippen molar-refractivity contribution in [2.24, 2.45) is 0 Å². The van der Waals surface area contributed by atoms with Crippen LogP contribution in [0.5, 0.6) is 5.75 Å². The zero-order chi connectivity index (χ0) is 15.1. The van der Waals surface area contributed by atoms with Crippen LogP contribution in [0.4, 0.5) is 5.69 Å². The molecule has 4 heteroatoms. The van der Waals surface area contributed by atoms with Crippen LogP contribution in [0.25, 0.3) is 0 Å². The molecule has 0 aliphatic carbocycles. The highest BCUT2D eigenvalue weighted by Gasteiger charge is 2.05. The molecule has 2 aromatic rings. The van der Waals surface area contributed by atoms with Crippen molar-refractivity contribution in [3.8, 4) is 11.8 Å². The van der Waals surface area contributed by atoms with E-state index in [0.29, 0.717) is 12.1 Å². The third-order valence-electron chi connectivity index (χ3n) is 3.00.